The van der Waals surface area contributed by atoms with Crippen molar-refractivity contribution in [3.63, 3.8) is 0 Å². The van der Waals surface area contributed by atoms with Crippen LogP contribution in [-0.4, -0.2) is 0 Å². The van der Waals surface area contributed by atoms with E-state index in [0.29, 0.717) is 0 Å². The van der Waals surface area contributed by atoms with E-state index in [1.807, 2.05) is 6.08 Å². The minimum absolute atomic E-state index is 0.149. The summed E-state index contributed by atoms with van der Waals surface area (Å²) in [6, 6.07) is 4.56. The van der Waals surface area contributed by atoms with Gasteiger partial charge in [-0.05, 0) is 122 Å². The van der Waals surface area contributed by atoms with Crippen molar-refractivity contribution in [3.8, 4) is 0 Å². The fourth-order valence-corrected chi connectivity index (χ4v) is 5.76. The van der Waals surface area contributed by atoms with Crippen LogP contribution in [0.15, 0.2) is 89.6 Å². The lowest BCUT2D eigenvalue weighted by atomic mass is 9.70. The predicted molar refractivity (Wildman–Crippen MR) is 159 cm³/mol. The van der Waals surface area contributed by atoms with E-state index < -0.39 is 0 Å². The van der Waals surface area contributed by atoms with E-state index in [9.17, 15) is 0 Å². The zero-order valence-corrected chi connectivity index (χ0v) is 23.9. The van der Waals surface area contributed by atoms with E-state index in [4.69, 9.17) is 0 Å². The van der Waals surface area contributed by atoms with Crippen LogP contribution in [0.4, 0.5) is 0 Å². The molecule has 0 heteroatoms. The number of fused-ring (bicyclic) bond motifs is 1. The second-order valence-corrected chi connectivity index (χ2v) is 10.7. The lowest BCUT2D eigenvalue weighted by Crippen LogP contribution is -2.21. The van der Waals surface area contributed by atoms with Crippen LogP contribution in [-0.2, 0) is 6.42 Å². The highest BCUT2D eigenvalue weighted by Crippen LogP contribution is 2.45. The molecule has 0 bridgehead atoms. The Morgan fingerprint density at radius 3 is 2.14 bits per heavy atom. The van der Waals surface area contributed by atoms with Gasteiger partial charge in [0.05, 0.1) is 0 Å². The van der Waals surface area contributed by atoms with Gasteiger partial charge in [0.2, 0.25) is 0 Å². The molecule has 0 unspecified atom stereocenters. The average Bonchev–Trinajstić information content (AvgIpc) is 2.81. The second kappa shape index (κ2) is 11.9. The van der Waals surface area contributed by atoms with Crippen molar-refractivity contribution in [2.24, 2.45) is 5.41 Å². The molecule has 0 heterocycles. The van der Waals surface area contributed by atoms with Crippen LogP contribution in [0.2, 0.25) is 0 Å². The van der Waals surface area contributed by atoms with Crippen molar-refractivity contribution in [2.45, 2.75) is 93.9 Å². The summed E-state index contributed by atoms with van der Waals surface area (Å²) in [6.45, 7) is 35.3. The zero-order chi connectivity index (χ0) is 26.5. The summed E-state index contributed by atoms with van der Waals surface area (Å²) in [7, 11) is 0. The first-order valence-corrected chi connectivity index (χ1v) is 13.3. The fourth-order valence-electron chi connectivity index (χ4n) is 5.76. The molecule has 0 N–H and O–H groups in total. The molecule has 0 nitrogen and oxygen atoms in total. The van der Waals surface area contributed by atoms with Crippen molar-refractivity contribution >= 4 is 5.57 Å². The Hall–Kier alpha value is -2.60. The first-order chi connectivity index (χ1) is 16.4. The summed E-state index contributed by atoms with van der Waals surface area (Å²) >= 11 is 0. The summed E-state index contributed by atoms with van der Waals surface area (Å²) in [5.41, 5.74) is 15.5. The summed E-state index contributed by atoms with van der Waals surface area (Å²) in [6.07, 6.45) is 10.9. The highest BCUT2D eigenvalue weighted by atomic mass is 14.3. The SMILES string of the molecule is C=C/C(C(=C)C)=C(/C=C(\C)C(=C)/C(CC)=C1/CCCc2c(C)ccc(C)c21)[C@@](C)(CCC)C(=C)C. The van der Waals surface area contributed by atoms with Crippen LogP contribution in [0.25, 0.3) is 5.57 Å². The Morgan fingerprint density at radius 1 is 1.00 bits per heavy atom. The van der Waals surface area contributed by atoms with Gasteiger partial charge in [-0.3, -0.25) is 0 Å². The van der Waals surface area contributed by atoms with E-state index in [2.05, 4.69) is 99.9 Å². The molecule has 188 valence electrons. The topological polar surface area (TPSA) is 0 Å². The molecule has 1 atom stereocenters. The van der Waals surface area contributed by atoms with Gasteiger partial charge in [-0.2, -0.15) is 0 Å². The van der Waals surface area contributed by atoms with E-state index in [-0.39, 0.29) is 5.41 Å². The van der Waals surface area contributed by atoms with Gasteiger partial charge in [0.15, 0.2) is 0 Å². The summed E-state index contributed by atoms with van der Waals surface area (Å²) in [5, 5.41) is 0. The van der Waals surface area contributed by atoms with E-state index in [0.717, 1.165) is 42.4 Å². The third-order valence-corrected chi connectivity index (χ3v) is 8.07. The maximum absolute atomic E-state index is 4.66. The van der Waals surface area contributed by atoms with Crippen molar-refractivity contribution in [1.29, 1.82) is 0 Å². The van der Waals surface area contributed by atoms with Gasteiger partial charge in [-0.15, -0.1) is 0 Å². The Labute approximate surface area is 216 Å². The van der Waals surface area contributed by atoms with Crippen LogP contribution < -0.4 is 0 Å². The summed E-state index contributed by atoms with van der Waals surface area (Å²) in [5.74, 6) is 0. The molecule has 1 aromatic carbocycles. The zero-order valence-electron chi connectivity index (χ0n) is 23.9. The third-order valence-electron chi connectivity index (χ3n) is 8.07. The molecule has 0 amide bonds. The van der Waals surface area contributed by atoms with Gasteiger partial charge in [-0.25, -0.2) is 0 Å². The monoisotopic (exact) mass is 468 g/mol. The van der Waals surface area contributed by atoms with E-state index in [1.165, 1.54) is 63.0 Å². The lowest BCUT2D eigenvalue weighted by molar-refractivity contribution is 0.440. The van der Waals surface area contributed by atoms with E-state index >= 15 is 0 Å². The van der Waals surface area contributed by atoms with Gasteiger partial charge < -0.3 is 0 Å². The van der Waals surface area contributed by atoms with Crippen molar-refractivity contribution < 1.29 is 0 Å². The van der Waals surface area contributed by atoms with Gasteiger partial charge in [0.25, 0.3) is 0 Å². The molecule has 0 fully saturated rings. The Bertz CT molecular complexity index is 1120. The Balaban J connectivity index is 2.77. The van der Waals surface area contributed by atoms with Gasteiger partial charge in [0.1, 0.15) is 0 Å². The first kappa shape index (κ1) is 28.6. The molecule has 1 aliphatic rings. The van der Waals surface area contributed by atoms with Crippen LogP contribution in [0.1, 0.15) is 95.9 Å². The molecule has 0 spiro atoms. The molecule has 2 rings (SSSR count). The minimum Gasteiger partial charge on any atom is -0.0993 e. The van der Waals surface area contributed by atoms with E-state index in [1.54, 1.807) is 0 Å². The number of allylic oxidation sites excluding steroid dienone is 10. The van der Waals surface area contributed by atoms with Crippen LogP contribution in [0.3, 0.4) is 0 Å². The average molecular weight is 469 g/mol. The number of rotatable bonds is 10. The second-order valence-electron chi connectivity index (χ2n) is 10.7. The molecule has 35 heavy (non-hydrogen) atoms. The van der Waals surface area contributed by atoms with Gasteiger partial charge in [0, 0.05) is 5.41 Å². The smallest absolute Gasteiger partial charge is 0.0134 e. The molecular formula is C35H48. The fraction of sp³-hybridized carbons (Fsp3) is 0.429. The number of hydrogen-bond acceptors (Lipinski definition) is 0. The first-order valence-electron chi connectivity index (χ1n) is 13.3. The number of aryl methyl sites for hydroxylation is 2. The predicted octanol–water partition coefficient (Wildman–Crippen LogP) is 10.7. The maximum atomic E-state index is 4.66. The molecule has 0 radical (unpaired) electrons. The largest absolute Gasteiger partial charge is 0.0993 e. The molecule has 1 aromatic rings. The van der Waals surface area contributed by atoms with Crippen molar-refractivity contribution in [2.75, 3.05) is 0 Å². The minimum atomic E-state index is -0.149. The lowest BCUT2D eigenvalue weighted by Gasteiger charge is -2.34. The van der Waals surface area contributed by atoms with Crippen LogP contribution in [0, 0.1) is 19.3 Å². The van der Waals surface area contributed by atoms with Crippen LogP contribution in [0.5, 0.6) is 0 Å². The Morgan fingerprint density at radius 2 is 1.63 bits per heavy atom. The molecule has 1 aliphatic carbocycles. The maximum Gasteiger partial charge on any atom is 0.0134 e. The number of hydrogen-bond donors (Lipinski definition) is 0. The highest BCUT2D eigenvalue weighted by molar-refractivity contribution is 5.79. The molecule has 0 saturated carbocycles. The standard InChI is InChI=1S/C35H48/c1-13-21-35(12,24(6)7)33(29(14-2)23(4)5)22-27(10)28(11)30(15-3)32-18-16-17-31-25(8)19-20-26(9)34(31)32/h14,19-20,22H,2,4,6,11,13,15-18,21H2,1,3,5,7-10,12H3/b27-22+,32-30-,33-29+/t35-/m0/s1. The normalized spacial score (nSPS) is 17.7. The molecule has 0 saturated heterocycles. The quantitative estimate of drug-likeness (QED) is 0.236. The molecule has 0 aliphatic heterocycles. The summed E-state index contributed by atoms with van der Waals surface area (Å²) in [4.78, 5) is 0. The highest BCUT2D eigenvalue weighted by Gasteiger charge is 2.30. The van der Waals surface area contributed by atoms with Crippen molar-refractivity contribution in [3.05, 3.63) is 112 Å². The van der Waals surface area contributed by atoms with Gasteiger partial charge >= 0.3 is 0 Å². The van der Waals surface area contributed by atoms with Gasteiger partial charge in [-0.1, -0.05) is 88.9 Å². The Kier molecular flexibility index (Phi) is 9.73. The molecule has 0 aromatic heterocycles. The number of benzene rings is 1. The third kappa shape index (κ3) is 5.80. The van der Waals surface area contributed by atoms with Crippen molar-refractivity contribution in [1.82, 2.24) is 0 Å². The molecular weight excluding hydrogens is 420 g/mol. The van der Waals surface area contributed by atoms with Crippen LogP contribution >= 0.6 is 0 Å². The summed E-state index contributed by atoms with van der Waals surface area (Å²) < 4.78 is 0.